The zero-order valence-electron chi connectivity index (χ0n) is 16.7. The number of nitrogens with two attached hydrogens (primary N) is 11. The Hall–Kier alpha value is -4.07. The Morgan fingerprint density at radius 1 is 0.250 bits per heavy atom. The molecule has 12 heteroatoms. The van der Waals surface area contributed by atoms with E-state index >= 15 is 0 Å². The van der Waals surface area contributed by atoms with Gasteiger partial charge in [-0.25, -0.2) is 0 Å². The first kappa shape index (κ1) is 19.9. The second kappa shape index (κ2) is 5.79. The Morgan fingerprint density at radius 3 is 0.875 bits per heavy atom. The molecule has 11 nitrogen and oxygen atoms in total. The molecule has 32 heavy (non-hydrogen) atoms. The van der Waals surface area contributed by atoms with Crippen LogP contribution in [-0.4, -0.2) is 0 Å². The predicted molar refractivity (Wildman–Crippen MR) is 149 cm³/mol. The molecule has 5 rings (SSSR count). The molecular formula is C20H22IN11. The summed E-state index contributed by atoms with van der Waals surface area (Å²) in [5.41, 5.74) is 72.5. The monoisotopic (exact) mass is 543 g/mol. The fourth-order valence-electron chi connectivity index (χ4n) is 4.74. The molecule has 5 aromatic carbocycles. The first-order valence-corrected chi connectivity index (χ1v) is 10.4. The van der Waals surface area contributed by atoms with Gasteiger partial charge in [-0.05, 0) is 22.6 Å². The van der Waals surface area contributed by atoms with Crippen molar-refractivity contribution in [1.82, 2.24) is 0 Å². The maximum atomic E-state index is 6.52. The first-order valence-electron chi connectivity index (χ1n) is 9.36. The van der Waals surface area contributed by atoms with Crippen LogP contribution in [0.2, 0.25) is 0 Å². The van der Waals surface area contributed by atoms with Crippen molar-refractivity contribution in [2.45, 2.75) is 0 Å². The fraction of sp³-hybridized carbons (Fsp3) is 0. The third-order valence-electron chi connectivity index (χ3n) is 6.37. The third-order valence-corrected chi connectivity index (χ3v) is 7.49. The maximum Gasteiger partial charge on any atom is 0.0795 e. The van der Waals surface area contributed by atoms with Gasteiger partial charge in [0.25, 0.3) is 0 Å². The van der Waals surface area contributed by atoms with Crippen molar-refractivity contribution >= 4 is 128 Å². The van der Waals surface area contributed by atoms with Gasteiger partial charge in [-0.15, -0.1) is 0 Å². The zero-order valence-corrected chi connectivity index (χ0v) is 18.9. The molecule has 0 aliphatic carbocycles. The van der Waals surface area contributed by atoms with E-state index in [9.17, 15) is 0 Å². The van der Waals surface area contributed by atoms with E-state index in [1.54, 1.807) is 0 Å². The average molecular weight is 543 g/mol. The number of halogens is 1. The molecule has 0 heterocycles. The van der Waals surface area contributed by atoms with Crippen LogP contribution >= 0.6 is 22.6 Å². The van der Waals surface area contributed by atoms with Crippen molar-refractivity contribution < 1.29 is 0 Å². The van der Waals surface area contributed by atoms with Crippen LogP contribution in [0.15, 0.2) is 0 Å². The molecule has 0 aromatic heterocycles. The summed E-state index contributed by atoms with van der Waals surface area (Å²) < 4.78 is 0.634. The van der Waals surface area contributed by atoms with Crippen LogP contribution in [-0.2, 0) is 0 Å². The molecule has 0 amide bonds. The van der Waals surface area contributed by atoms with Gasteiger partial charge >= 0.3 is 0 Å². The van der Waals surface area contributed by atoms with Crippen molar-refractivity contribution in [2.24, 2.45) is 0 Å². The number of hydrogen-bond donors (Lipinski definition) is 11. The topological polar surface area (TPSA) is 286 Å². The summed E-state index contributed by atoms with van der Waals surface area (Å²) in [6.07, 6.45) is 0. The van der Waals surface area contributed by atoms with Gasteiger partial charge in [0.2, 0.25) is 0 Å². The molecule has 22 N–H and O–H groups in total. The van der Waals surface area contributed by atoms with E-state index in [1.807, 2.05) is 0 Å². The van der Waals surface area contributed by atoms with Crippen LogP contribution in [0.4, 0.5) is 62.6 Å². The molecule has 0 spiro atoms. The lowest BCUT2D eigenvalue weighted by Crippen LogP contribution is -2.11. The maximum absolute atomic E-state index is 6.52. The molecular weight excluding hydrogens is 521 g/mol. The smallest absolute Gasteiger partial charge is 0.0795 e. The highest BCUT2D eigenvalue weighted by molar-refractivity contribution is 14.1. The van der Waals surface area contributed by atoms with Crippen molar-refractivity contribution in [3.8, 4) is 0 Å². The summed E-state index contributed by atoms with van der Waals surface area (Å²) in [5, 5.41) is 4.23. The Kier molecular flexibility index (Phi) is 3.59. The third kappa shape index (κ3) is 1.91. The van der Waals surface area contributed by atoms with Gasteiger partial charge in [-0.1, -0.05) is 0 Å². The van der Waals surface area contributed by atoms with Crippen LogP contribution in [0.5, 0.6) is 0 Å². The van der Waals surface area contributed by atoms with Gasteiger partial charge in [0.1, 0.15) is 0 Å². The summed E-state index contributed by atoms with van der Waals surface area (Å²) in [5.74, 6) is 0. The second-order valence-corrected chi connectivity index (χ2v) is 8.94. The molecule has 0 bridgehead atoms. The van der Waals surface area contributed by atoms with E-state index in [2.05, 4.69) is 22.6 Å². The van der Waals surface area contributed by atoms with Crippen LogP contribution in [0.1, 0.15) is 0 Å². The molecule has 0 radical (unpaired) electrons. The Labute approximate surface area is 194 Å². The summed E-state index contributed by atoms with van der Waals surface area (Å²) in [7, 11) is 0. The first-order chi connectivity index (χ1) is 14.9. The average Bonchev–Trinajstić information content (AvgIpc) is 2.76. The van der Waals surface area contributed by atoms with E-state index in [1.165, 1.54) is 0 Å². The Bertz CT molecular complexity index is 1450. The quantitative estimate of drug-likeness (QED) is 0.0578. The number of nitrogen functional groups attached to an aromatic ring is 11. The number of hydrogen-bond acceptors (Lipinski definition) is 11. The van der Waals surface area contributed by atoms with Gasteiger partial charge in [0.05, 0.1) is 62.6 Å². The normalized spacial score (nSPS) is 12.0. The highest BCUT2D eigenvalue weighted by Crippen LogP contribution is 2.57. The molecule has 5 aromatic rings. The molecule has 0 unspecified atom stereocenters. The van der Waals surface area contributed by atoms with Crippen LogP contribution in [0.25, 0.3) is 43.1 Å². The molecule has 0 saturated heterocycles. The molecule has 0 fully saturated rings. The fourth-order valence-corrected chi connectivity index (χ4v) is 5.57. The standard InChI is InChI=1S/C20H22IN11/c21-9-3-1-5(11(23)19(31)14(26)7(1)13(25)17(9)29)6-2-4(3)10(22)18(30)15(27)8(2)16(28)20(32)12(6)24/h22-32H2. The number of rotatable bonds is 0. The van der Waals surface area contributed by atoms with Gasteiger partial charge in [0, 0.05) is 46.7 Å². The minimum Gasteiger partial charge on any atom is -0.396 e. The summed E-state index contributed by atoms with van der Waals surface area (Å²) in [6, 6.07) is 0. The van der Waals surface area contributed by atoms with E-state index in [0.717, 1.165) is 0 Å². The second-order valence-electron chi connectivity index (χ2n) is 7.86. The minimum atomic E-state index is 0.138. The van der Waals surface area contributed by atoms with E-state index in [-0.39, 0.29) is 56.9 Å². The van der Waals surface area contributed by atoms with Gasteiger partial charge < -0.3 is 63.1 Å². The summed E-state index contributed by atoms with van der Waals surface area (Å²) >= 11 is 2.10. The van der Waals surface area contributed by atoms with E-state index in [4.69, 9.17) is 63.1 Å². The van der Waals surface area contributed by atoms with E-state index in [0.29, 0.717) is 52.3 Å². The lowest BCUT2D eigenvalue weighted by Gasteiger charge is -2.26. The summed E-state index contributed by atoms with van der Waals surface area (Å²) in [4.78, 5) is 0. The van der Waals surface area contributed by atoms with Crippen molar-refractivity contribution in [3.63, 3.8) is 0 Å². The van der Waals surface area contributed by atoms with Crippen LogP contribution in [0.3, 0.4) is 0 Å². The molecule has 0 atom stereocenters. The SMILES string of the molecule is Nc1c(N)c2c(N)c(N)c(N)c3c4c(I)c(N)c(N)c5c(N)c(N)c(N)c(c(c1N)c23)c54. The number of fused-ring (bicyclic) bond motifs is 2. The highest BCUT2D eigenvalue weighted by atomic mass is 127. The Balaban J connectivity index is 2.44. The summed E-state index contributed by atoms with van der Waals surface area (Å²) in [6.45, 7) is 0. The van der Waals surface area contributed by atoms with Crippen LogP contribution < -0.4 is 63.1 Å². The van der Waals surface area contributed by atoms with Crippen LogP contribution in [0, 0.1) is 3.57 Å². The molecule has 0 aliphatic heterocycles. The van der Waals surface area contributed by atoms with Crippen molar-refractivity contribution in [3.05, 3.63) is 3.57 Å². The predicted octanol–water partition coefficient (Wildman–Crippen LogP) is 1.75. The largest absolute Gasteiger partial charge is 0.396 e. The molecule has 164 valence electrons. The number of anilines is 11. The molecule has 0 saturated carbocycles. The Morgan fingerprint density at radius 2 is 0.500 bits per heavy atom. The van der Waals surface area contributed by atoms with Gasteiger partial charge in [0.15, 0.2) is 0 Å². The van der Waals surface area contributed by atoms with Crippen molar-refractivity contribution in [1.29, 1.82) is 0 Å². The highest BCUT2D eigenvalue weighted by Gasteiger charge is 2.29. The lowest BCUT2D eigenvalue weighted by atomic mass is 9.84. The zero-order chi connectivity index (χ0) is 23.5. The van der Waals surface area contributed by atoms with Gasteiger partial charge in [-0.2, -0.15) is 0 Å². The van der Waals surface area contributed by atoms with Gasteiger partial charge in [-0.3, -0.25) is 0 Å². The molecule has 0 aliphatic rings. The van der Waals surface area contributed by atoms with Crippen molar-refractivity contribution in [2.75, 3.05) is 63.1 Å². The minimum absolute atomic E-state index is 0.138. The number of benzene rings is 5. The lowest BCUT2D eigenvalue weighted by molar-refractivity contribution is 1.67. The van der Waals surface area contributed by atoms with E-state index < -0.39 is 0 Å².